The Morgan fingerprint density at radius 3 is 2.22 bits per heavy atom. The van der Waals surface area contributed by atoms with Crippen LogP contribution >= 0.6 is 0 Å². The van der Waals surface area contributed by atoms with Crippen molar-refractivity contribution < 1.29 is 19.1 Å². The number of carbonyl (C=O) groups excluding carboxylic acids is 3. The molecule has 2 aromatic rings. The van der Waals surface area contributed by atoms with Crippen molar-refractivity contribution in [2.45, 2.75) is 71.9 Å². The van der Waals surface area contributed by atoms with Gasteiger partial charge in [-0.1, -0.05) is 56.5 Å². The Bertz CT molecular complexity index is 1040. The van der Waals surface area contributed by atoms with E-state index < -0.39 is 23.5 Å². The molecule has 0 aliphatic rings. The highest BCUT2D eigenvalue weighted by Gasteiger charge is 2.39. The van der Waals surface area contributed by atoms with Gasteiger partial charge in [0, 0.05) is 18.0 Å². The van der Waals surface area contributed by atoms with Gasteiger partial charge in [0.05, 0.1) is 23.7 Å². The highest BCUT2D eigenvalue weighted by atomic mass is 16.5. The highest BCUT2D eigenvalue weighted by molar-refractivity contribution is 5.95. The Morgan fingerprint density at radius 1 is 0.972 bits per heavy atom. The number of carbonyl (C=O) groups is 3. The van der Waals surface area contributed by atoms with Crippen LogP contribution < -0.4 is 10.6 Å². The summed E-state index contributed by atoms with van der Waals surface area (Å²) in [5.74, 6) is -1.14. The molecule has 1 unspecified atom stereocenters. The van der Waals surface area contributed by atoms with Crippen LogP contribution in [0.1, 0.15) is 74.9 Å². The Balaban J connectivity index is 2.23. The van der Waals surface area contributed by atoms with Crippen LogP contribution in [0.5, 0.6) is 0 Å². The van der Waals surface area contributed by atoms with Gasteiger partial charge in [-0.2, -0.15) is 5.26 Å². The zero-order valence-electron chi connectivity index (χ0n) is 21.7. The van der Waals surface area contributed by atoms with Gasteiger partial charge >= 0.3 is 5.97 Å². The minimum absolute atomic E-state index is 0.212. The van der Waals surface area contributed by atoms with E-state index in [1.54, 1.807) is 45.0 Å². The van der Waals surface area contributed by atoms with Crippen LogP contribution in [0.15, 0.2) is 54.6 Å². The van der Waals surface area contributed by atoms with E-state index >= 15 is 0 Å². The first-order chi connectivity index (χ1) is 17.2. The molecule has 0 fully saturated rings. The third kappa shape index (κ3) is 8.23. The number of hydrogen-bond donors (Lipinski definition) is 2. The van der Waals surface area contributed by atoms with E-state index in [1.807, 2.05) is 36.4 Å². The van der Waals surface area contributed by atoms with Crippen molar-refractivity contribution in [3.63, 3.8) is 0 Å². The summed E-state index contributed by atoms with van der Waals surface area (Å²) < 4.78 is 5.22. The Hall–Kier alpha value is -3.66. The minimum atomic E-state index is -1.00. The Labute approximate surface area is 214 Å². The molecule has 0 spiro atoms. The van der Waals surface area contributed by atoms with Crippen LogP contribution in [0, 0.1) is 16.7 Å². The summed E-state index contributed by atoms with van der Waals surface area (Å²) in [6.45, 7) is 7.59. The van der Waals surface area contributed by atoms with Gasteiger partial charge < -0.3 is 15.4 Å². The van der Waals surface area contributed by atoms with Crippen molar-refractivity contribution in [3.8, 4) is 6.07 Å². The van der Waals surface area contributed by atoms with E-state index in [4.69, 9.17) is 10.00 Å². The van der Waals surface area contributed by atoms with E-state index in [0.717, 1.165) is 24.8 Å². The maximum absolute atomic E-state index is 13.5. The third-order valence-electron chi connectivity index (χ3n) is 6.29. The van der Waals surface area contributed by atoms with Gasteiger partial charge in [0.25, 0.3) is 5.91 Å². The number of esters is 1. The predicted octanol–water partition coefficient (Wildman–Crippen LogP) is 4.55. The largest absolute Gasteiger partial charge is 0.464 e. The molecule has 0 bridgehead atoms. The fourth-order valence-corrected chi connectivity index (χ4v) is 3.94. The van der Waals surface area contributed by atoms with Crippen molar-refractivity contribution in [3.05, 3.63) is 71.3 Å². The van der Waals surface area contributed by atoms with Crippen molar-refractivity contribution in [1.82, 2.24) is 10.6 Å². The summed E-state index contributed by atoms with van der Waals surface area (Å²) in [4.78, 5) is 39.2. The van der Waals surface area contributed by atoms with E-state index in [9.17, 15) is 14.4 Å². The number of benzene rings is 2. The number of ether oxygens (including phenoxy) is 1. The molecule has 2 rings (SSSR count). The summed E-state index contributed by atoms with van der Waals surface area (Å²) in [6, 6.07) is 16.6. The maximum Gasteiger partial charge on any atom is 0.328 e. The molecule has 36 heavy (non-hydrogen) atoms. The first kappa shape index (κ1) is 28.6. The van der Waals surface area contributed by atoms with Crippen molar-refractivity contribution in [2.75, 3.05) is 6.61 Å². The van der Waals surface area contributed by atoms with Gasteiger partial charge in [-0.15, -0.1) is 0 Å². The lowest BCUT2D eigenvalue weighted by Gasteiger charge is -2.35. The number of nitrogens with zero attached hydrogens (tertiary/aromatic N) is 1. The molecule has 2 amide bonds. The Kier molecular flexibility index (Phi) is 11.1. The maximum atomic E-state index is 13.5. The zero-order chi connectivity index (χ0) is 26.6. The van der Waals surface area contributed by atoms with Crippen LogP contribution in [0.25, 0.3) is 0 Å². The molecule has 192 valence electrons. The molecule has 2 aromatic carbocycles. The number of unbranched alkanes of at least 4 members (excludes halogenated alkanes) is 2. The molecule has 0 heterocycles. The first-order valence-corrected chi connectivity index (χ1v) is 12.5. The average molecular weight is 492 g/mol. The van der Waals surface area contributed by atoms with Gasteiger partial charge in [-0.25, -0.2) is 4.79 Å². The monoisotopic (exact) mass is 491 g/mol. The molecule has 0 aliphatic heterocycles. The average Bonchev–Trinajstić information content (AvgIpc) is 2.88. The molecule has 7 heteroatoms. The summed E-state index contributed by atoms with van der Waals surface area (Å²) in [6.07, 6.45) is 3.74. The molecule has 2 N–H and O–H groups in total. The first-order valence-electron chi connectivity index (χ1n) is 12.5. The van der Waals surface area contributed by atoms with Crippen LogP contribution in [-0.2, 0) is 20.7 Å². The summed E-state index contributed by atoms with van der Waals surface area (Å²) in [5, 5.41) is 14.9. The predicted molar refractivity (Wildman–Crippen MR) is 139 cm³/mol. The van der Waals surface area contributed by atoms with Crippen LogP contribution in [0.4, 0.5) is 0 Å². The lowest BCUT2D eigenvalue weighted by molar-refractivity contribution is -0.148. The summed E-state index contributed by atoms with van der Waals surface area (Å²) in [7, 11) is 0. The second-order valence-electron chi connectivity index (χ2n) is 9.40. The number of nitrogens with one attached hydrogen (secondary N) is 2. The third-order valence-corrected chi connectivity index (χ3v) is 6.29. The van der Waals surface area contributed by atoms with E-state index in [0.29, 0.717) is 24.0 Å². The van der Waals surface area contributed by atoms with Gasteiger partial charge in [-0.3, -0.25) is 9.59 Å². The molecule has 2 atom stereocenters. The smallest absolute Gasteiger partial charge is 0.328 e. The summed E-state index contributed by atoms with van der Waals surface area (Å²) in [5.41, 5.74) is 0.785. The second-order valence-corrected chi connectivity index (χ2v) is 9.40. The SMILES string of the molecule is CCCCCC(NC(=O)c1ccc(C#N)cc1)C(C)(C)C(=O)N[C@@H](Cc1ccccc1)C(=O)OCC. The molecule has 0 aromatic heterocycles. The minimum Gasteiger partial charge on any atom is -0.464 e. The number of nitriles is 1. The molecular weight excluding hydrogens is 454 g/mol. The van der Waals surface area contributed by atoms with E-state index in [1.165, 1.54) is 0 Å². The van der Waals surface area contributed by atoms with Gasteiger partial charge in [0.15, 0.2) is 0 Å². The van der Waals surface area contributed by atoms with Crippen molar-refractivity contribution in [1.29, 1.82) is 5.26 Å². The molecule has 0 aliphatic carbocycles. The number of hydrogen-bond acceptors (Lipinski definition) is 5. The fourth-order valence-electron chi connectivity index (χ4n) is 3.94. The van der Waals surface area contributed by atoms with Crippen LogP contribution in [0.2, 0.25) is 0 Å². The quantitative estimate of drug-likeness (QED) is 0.316. The molecular formula is C29H37N3O4. The van der Waals surface area contributed by atoms with Crippen molar-refractivity contribution >= 4 is 17.8 Å². The lowest BCUT2D eigenvalue weighted by atomic mass is 9.80. The van der Waals surface area contributed by atoms with Crippen LogP contribution in [0.3, 0.4) is 0 Å². The topological polar surface area (TPSA) is 108 Å². The lowest BCUT2D eigenvalue weighted by Crippen LogP contribution is -2.56. The standard InChI is InChI=1S/C29H37N3O4/c1-5-7-9-14-25(32-26(33)23-17-15-22(20-30)16-18-23)29(3,4)28(35)31-24(27(34)36-6-2)19-21-12-10-8-11-13-21/h8,10-13,15-18,24-25H,5-7,9,14,19H2,1-4H3,(H,31,35)(H,32,33)/t24-,25?/m0/s1. The van der Waals surface area contributed by atoms with E-state index in [-0.39, 0.29) is 18.4 Å². The van der Waals surface area contributed by atoms with E-state index in [2.05, 4.69) is 17.6 Å². The fraction of sp³-hybridized carbons (Fsp3) is 0.448. The molecule has 7 nitrogen and oxygen atoms in total. The van der Waals surface area contributed by atoms with Crippen LogP contribution in [-0.4, -0.2) is 36.5 Å². The van der Waals surface area contributed by atoms with Gasteiger partial charge in [0.2, 0.25) is 5.91 Å². The molecule has 0 saturated heterocycles. The van der Waals surface area contributed by atoms with Gasteiger partial charge in [0.1, 0.15) is 6.04 Å². The number of amides is 2. The van der Waals surface area contributed by atoms with Gasteiger partial charge in [-0.05, 0) is 57.0 Å². The normalized spacial score (nSPS) is 12.6. The molecule has 0 saturated carbocycles. The molecule has 0 radical (unpaired) electrons. The number of rotatable bonds is 13. The second kappa shape index (κ2) is 14.0. The summed E-state index contributed by atoms with van der Waals surface area (Å²) >= 11 is 0. The van der Waals surface area contributed by atoms with Crippen molar-refractivity contribution in [2.24, 2.45) is 5.41 Å². The highest BCUT2D eigenvalue weighted by Crippen LogP contribution is 2.26. The Morgan fingerprint density at radius 2 is 1.64 bits per heavy atom. The zero-order valence-corrected chi connectivity index (χ0v) is 21.7.